The van der Waals surface area contributed by atoms with E-state index in [4.69, 9.17) is 9.84 Å². The third-order valence-electron chi connectivity index (χ3n) is 3.98. The molecule has 0 spiro atoms. The molecule has 0 radical (unpaired) electrons. The number of morpholine rings is 1. The van der Waals surface area contributed by atoms with E-state index in [2.05, 4.69) is 26.1 Å². The molecule has 7 heteroatoms. The molecule has 0 aromatic heterocycles. The topological polar surface area (TPSA) is 82.1 Å². The number of hydrogen-bond acceptors (Lipinski definition) is 4. The Morgan fingerprint density at radius 3 is 2.67 bits per heavy atom. The van der Waals surface area contributed by atoms with Crippen molar-refractivity contribution in [3.63, 3.8) is 0 Å². The van der Waals surface area contributed by atoms with Gasteiger partial charge >= 0.3 is 12.0 Å². The molecule has 1 heterocycles. The van der Waals surface area contributed by atoms with Crippen molar-refractivity contribution in [2.75, 3.05) is 46.4 Å². The smallest absolute Gasteiger partial charge is 0.317 e. The summed E-state index contributed by atoms with van der Waals surface area (Å²) in [6, 6.07) is -0.0556. The first-order chi connectivity index (χ1) is 11.2. The second-order valence-electron chi connectivity index (χ2n) is 7.78. The van der Waals surface area contributed by atoms with Crippen molar-refractivity contribution in [1.29, 1.82) is 0 Å². The lowest BCUT2D eigenvalue weighted by molar-refractivity contribution is -0.138. The molecule has 0 aromatic carbocycles. The lowest BCUT2D eigenvalue weighted by Gasteiger charge is -2.34. The van der Waals surface area contributed by atoms with Crippen LogP contribution in [-0.2, 0) is 9.53 Å². The van der Waals surface area contributed by atoms with Gasteiger partial charge in [0.2, 0.25) is 0 Å². The van der Waals surface area contributed by atoms with Gasteiger partial charge in [-0.15, -0.1) is 0 Å². The summed E-state index contributed by atoms with van der Waals surface area (Å²) < 4.78 is 5.63. The summed E-state index contributed by atoms with van der Waals surface area (Å²) in [5.74, 6) is -0.863. The number of carboxylic acid groups (broad SMARTS) is 1. The van der Waals surface area contributed by atoms with Gasteiger partial charge in [-0.3, -0.25) is 9.69 Å². The Morgan fingerprint density at radius 1 is 1.33 bits per heavy atom. The van der Waals surface area contributed by atoms with Crippen LogP contribution >= 0.6 is 0 Å². The summed E-state index contributed by atoms with van der Waals surface area (Å²) >= 11 is 0. The number of carboxylic acids is 1. The maximum absolute atomic E-state index is 12.2. The average molecular weight is 343 g/mol. The quantitative estimate of drug-likeness (QED) is 0.655. The molecule has 0 saturated carbocycles. The van der Waals surface area contributed by atoms with Crippen molar-refractivity contribution in [2.24, 2.45) is 5.41 Å². The number of amides is 2. The van der Waals surface area contributed by atoms with Crippen molar-refractivity contribution in [1.82, 2.24) is 15.1 Å². The van der Waals surface area contributed by atoms with Crippen LogP contribution in [-0.4, -0.2) is 79.4 Å². The summed E-state index contributed by atoms with van der Waals surface area (Å²) in [5.41, 5.74) is 0.337. The number of rotatable bonds is 8. The Kier molecular flexibility index (Phi) is 8.48. The minimum atomic E-state index is -0.863. The predicted molar refractivity (Wildman–Crippen MR) is 93.2 cm³/mol. The van der Waals surface area contributed by atoms with Crippen LogP contribution in [0.5, 0.6) is 0 Å². The first-order valence-electron chi connectivity index (χ1n) is 8.72. The normalized spacial score (nSPS) is 18.7. The molecule has 1 saturated heterocycles. The van der Waals surface area contributed by atoms with Gasteiger partial charge in [0.15, 0.2) is 0 Å². The molecule has 7 nitrogen and oxygen atoms in total. The average Bonchev–Trinajstić information content (AvgIpc) is 2.44. The SMILES string of the molecule is CN(CC(=O)O)CC1CN(C(=O)NCCCCC(C)(C)C)CCO1. The van der Waals surface area contributed by atoms with E-state index < -0.39 is 5.97 Å². The Balaban J connectivity index is 2.25. The largest absolute Gasteiger partial charge is 0.480 e. The number of carbonyl (C=O) groups excluding carboxylic acids is 1. The molecule has 1 aliphatic heterocycles. The second-order valence-corrected chi connectivity index (χ2v) is 7.78. The van der Waals surface area contributed by atoms with Crippen LogP contribution < -0.4 is 5.32 Å². The molecule has 1 unspecified atom stereocenters. The van der Waals surface area contributed by atoms with Crippen molar-refractivity contribution in [2.45, 2.75) is 46.1 Å². The van der Waals surface area contributed by atoms with Gasteiger partial charge in [0.25, 0.3) is 0 Å². The molecule has 0 aromatic rings. The monoisotopic (exact) mass is 343 g/mol. The summed E-state index contributed by atoms with van der Waals surface area (Å²) in [6.45, 7) is 9.40. The highest BCUT2D eigenvalue weighted by molar-refractivity contribution is 5.74. The van der Waals surface area contributed by atoms with E-state index in [-0.39, 0.29) is 18.7 Å². The number of hydrogen-bond donors (Lipinski definition) is 2. The minimum absolute atomic E-state index is 0.0279. The molecule has 2 N–H and O–H groups in total. The molecule has 1 rings (SSSR count). The van der Waals surface area contributed by atoms with Crippen molar-refractivity contribution >= 4 is 12.0 Å². The number of likely N-dealkylation sites (N-methyl/N-ethyl adjacent to an activating group) is 1. The first-order valence-corrected chi connectivity index (χ1v) is 8.72. The van der Waals surface area contributed by atoms with Crippen LogP contribution in [0.1, 0.15) is 40.0 Å². The molecule has 2 amide bonds. The van der Waals surface area contributed by atoms with Crippen molar-refractivity contribution in [3.8, 4) is 0 Å². The van der Waals surface area contributed by atoms with E-state index in [9.17, 15) is 9.59 Å². The lowest BCUT2D eigenvalue weighted by Crippen LogP contribution is -2.52. The van der Waals surface area contributed by atoms with E-state index >= 15 is 0 Å². The van der Waals surface area contributed by atoms with E-state index in [0.29, 0.717) is 38.2 Å². The third kappa shape index (κ3) is 9.08. The highest BCUT2D eigenvalue weighted by Gasteiger charge is 2.25. The van der Waals surface area contributed by atoms with E-state index in [1.807, 2.05) is 0 Å². The molecule has 0 aliphatic carbocycles. The number of nitrogens with zero attached hydrogens (tertiary/aromatic N) is 2. The van der Waals surface area contributed by atoms with Gasteiger partial charge in [-0.05, 0) is 25.3 Å². The van der Waals surface area contributed by atoms with Gasteiger partial charge in [0.05, 0.1) is 19.3 Å². The Labute approximate surface area is 145 Å². The maximum Gasteiger partial charge on any atom is 0.317 e. The fourth-order valence-corrected chi connectivity index (χ4v) is 2.74. The van der Waals surface area contributed by atoms with Gasteiger partial charge in [-0.25, -0.2) is 4.79 Å². The maximum atomic E-state index is 12.2. The van der Waals surface area contributed by atoms with Crippen LogP contribution in [0.4, 0.5) is 4.79 Å². The summed E-state index contributed by atoms with van der Waals surface area (Å²) in [5, 5.41) is 11.8. The highest BCUT2D eigenvalue weighted by atomic mass is 16.5. The fraction of sp³-hybridized carbons (Fsp3) is 0.882. The molecule has 1 atom stereocenters. The van der Waals surface area contributed by atoms with E-state index in [1.54, 1.807) is 16.8 Å². The van der Waals surface area contributed by atoms with Gasteiger partial charge in [0.1, 0.15) is 0 Å². The predicted octanol–water partition coefficient (Wildman–Crippen LogP) is 1.63. The van der Waals surface area contributed by atoms with Crippen molar-refractivity contribution in [3.05, 3.63) is 0 Å². The zero-order valence-electron chi connectivity index (χ0n) is 15.5. The van der Waals surface area contributed by atoms with Crippen LogP contribution in [0.15, 0.2) is 0 Å². The first kappa shape index (κ1) is 20.7. The number of carbonyl (C=O) groups is 2. The molecule has 0 bridgehead atoms. The zero-order chi connectivity index (χ0) is 18.2. The zero-order valence-corrected chi connectivity index (χ0v) is 15.5. The number of nitrogens with one attached hydrogen (secondary N) is 1. The lowest BCUT2D eigenvalue weighted by atomic mass is 9.90. The number of urea groups is 1. The second kappa shape index (κ2) is 9.84. The minimum Gasteiger partial charge on any atom is -0.480 e. The van der Waals surface area contributed by atoms with Crippen LogP contribution in [0.3, 0.4) is 0 Å². The third-order valence-corrected chi connectivity index (χ3v) is 3.98. The molecule has 24 heavy (non-hydrogen) atoms. The Bertz CT molecular complexity index is 409. The van der Waals surface area contributed by atoms with E-state index in [0.717, 1.165) is 19.3 Å². The van der Waals surface area contributed by atoms with Crippen LogP contribution in [0.2, 0.25) is 0 Å². The molecule has 1 aliphatic rings. The summed E-state index contributed by atoms with van der Waals surface area (Å²) in [4.78, 5) is 26.4. The van der Waals surface area contributed by atoms with Crippen molar-refractivity contribution < 1.29 is 19.4 Å². The summed E-state index contributed by atoms with van der Waals surface area (Å²) in [6.07, 6.45) is 3.10. The standard InChI is InChI=1S/C17H33N3O4/c1-17(2,3)7-5-6-8-18-16(23)20-9-10-24-14(12-20)11-19(4)13-15(21)22/h14H,5-13H2,1-4H3,(H,18,23)(H,21,22). The van der Waals surface area contributed by atoms with Gasteiger partial charge in [-0.2, -0.15) is 0 Å². The highest BCUT2D eigenvalue weighted by Crippen LogP contribution is 2.21. The molecular formula is C17H33N3O4. The fourth-order valence-electron chi connectivity index (χ4n) is 2.74. The van der Waals surface area contributed by atoms with Gasteiger partial charge < -0.3 is 20.1 Å². The van der Waals surface area contributed by atoms with Crippen LogP contribution in [0.25, 0.3) is 0 Å². The molecule has 1 fully saturated rings. The van der Waals surface area contributed by atoms with Gasteiger partial charge in [0, 0.05) is 26.2 Å². The Hall–Kier alpha value is -1.34. The Morgan fingerprint density at radius 2 is 2.04 bits per heavy atom. The van der Waals surface area contributed by atoms with Gasteiger partial charge in [-0.1, -0.05) is 27.2 Å². The number of ether oxygens (including phenoxy) is 1. The van der Waals surface area contributed by atoms with Crippen LogP contribution in [0, 0.1) is 5.41 Å². The summed E-state index contributed by atoms with van der Waals surface area (Å²) in [7, 11) is 1.74. The molecular weight excluding hydrogens is 310 g/mol. The van der Waals surface area contributed by atoms with E-state index in [1.165, 1.54) is 0 Å². The molecule has 140 valence electrons. The number of unbranched alkanes of at least 4 members (excludes halogenated alkanes) is 1. The number of aliphatic carboxylic acids is 1.